The summed E-state index contributed by atoms with van der Waals surface area (Å²) in [5, 5.41) is 25.7. The van der Waals surface area contributed by atoms with Gasteiger partial charge in [0.25, 0.3) is 0 Å². The van der Waals surface area contributed by atoms with E-state index in [1.54, 1.807) is 23.6 Å². The number of carbonyl (C=O) groups is 1. The van der Waals surface area contributed by atoms with Gasteiger partial charge in [0.05, 0.1) is 0 Å². The van der Waals surface area contributed by atoms with Crippen molar-refractivity contribution in [3.8, 4) is 17.0 Å². The zero-order valence-corrected chi connectivity index (χ0v) is 33.2. The fourth-order valence-electron chi connectivity index (χ4n) is 5.74. The molecule has 2 N–H and O–H groups in total. The molecule has 5 nitrogen and oxygen atoms in total. The SMILES string of the molecule is C/C=C/c1c(O)ccc2oc3ccnc(-c4[c-]c5ccsc5c(C(C)(C)C)c4)c3c12.CCC(C)(CC)C(=O)/C=C(\O)C(C)(CC)CC.[Ir]. The van der Waals surface area contributed by atoms with Gasteiger partial charge in [-0.1, -0.05) is 85.6 Å². The van der Waals surface area contributed by atoms with E-state index in [1.165, 1.54) is 16.3 Å². The first-order valence-electron chi connectivity index (χ1n) is 16.7. The number of aromatic hydroxyl groups is 1. The fraction of sp³-hybridized carbons (Fsp3) is 0.415. The Morgan fingerprint density at radius 1 is 0.938 bits per heavy atom. The minimum absolute atomic E-state index is 0. The number of aliphatic hydroxyl groups is 1. The van der Waals surface area contributed by atoms with Crippen LogP contribution in [0.3, 0.4) is 0 Å². The molecule has 2 aromatic carbocycles. The Labute approximate surface area is 303 Å². The number of nitrogens with zero attached hydrogens (tertiary/aromatic N) is 1. The van der Waals surface area contributed by atoms with Gasteiger partial charge in [-0.25, -0.2) is 0 Å². The number of fused-ring (bicyclic) bond motifs is 4. The topological polar surface area (TPSA) is 83.6 Å². The molecule has 0 bridgehead atoms. The van der Waals surface area contributed by atoms with E-state index >= 15 is 0 Å². The van der Waals surface area contributed by atoms with Crippen molar-refractivity contribution >= 4 is 55.2 Å². The number of carbonyl (C=O) groups excluding carboxylic acids is 1. The molecule has 0 aliphatic carbocycles. The van der Waals surface area contributed by atoms with Crippen LogP contribution >= 0.6 is 11.3 Å². The second kappa shape index (κ2) is 15.5. The molecule has 5 aromatic rings. The van der Waals surface area contributed by atoms with Crippen molar-refractivity contribution in [2.45, 2.75) is 100 Å². The number of furan rings is 1. The van der Waals surface area contributed by atoms with Crippen LogP contribution in [0.1, 0.15) is 106 Å². The summed E-state index contributed by atoms with van der Waals surface area (Å²) in [6, 6.07) is 13.3. The van der Waals surface area contributed by atoms with Crippen LogP contribution in [-0.4, -0.2) is 21.0 Å². The Hall–Kier alpha value is -3.25. The molecule has 259 valence electrons. The van der Waals surface area contributed by atoms with Crippen molar-refractivity contribution < 1.29 is 39.5 Å². The van der Waals surface area contributed by atoms with E-state index in [2.05, 4.69) is 44.4 Å². The predicted molar refractivity (Wildman–Crippen MR) is 199 cm³/mol. The average molecular weight is 845 g/mol. The maximum absolute atomic E-state index is 12.2. The third-order valence-electron chi connectivity index (χ3n) is 10.0. The van der Waals surface area contributed by atoms with Crippen LogP contribution in [0.25, 0.3) is 49.4 Å². The first-order valence-corrected chi connectivity index (χ1v) is 17.6. The van der Waals surface area contributed by atoms with Crippen molar-refractivity contribution in [1.29, 1.82) is 0 Å². The minimum Gasteiger partial charge on any atom is -0.512 e. The summed E-state index contributed by atoms with van der Waals surface area (Å²) in [6.45, 7) is 20.7. The van der Waals surface area contributed by atoms with Crippen molar-refractivity contribution in [2.75, 3.05) is 0 Å². The maximum atomic E-state index is 12.2. The zero-order valence-electron chi connectivity index (χ0n) is 30.0. The van der Waals surface area contributed by atoms with Gasteiger partial charge in [-0.15, -0.1) is 23.6 Å². The van der Waals surface area contributed by atoms with E-state index in [9.17, 15) is 15.0 Å². The molecule has 3 aromatic heterocycles. The van der Waals surface area contributed by atoms with Crippen molar-refractivity contribution in [3.05, 3.63) is 77.0 Å². The van der Waals surface area contributed by atoms with Crippen LogP contribution in [0.15, 0.2) is 64.2 Å². The Morgan fingerprint density at radius 3 is 2.15 bits per heavy atom. The van der Waals surface area contributed by atoms with Gasteiger partial charge < -0.3 is 14.6 Å². The summed E-state index contributed by atoms with van der Waals surface area (Å²) in [5.74, 6) is 0.513. The van der Waals surface area contributed by atoms with Gasteiger partial charge in [0.2, 0.25) is 0 Å². The van der Waals surface area contributed by atoms with Crippen LogP contribution in [0.4, 0.5) is 0 Å². The van der Waals surface area contributed by atoms with Crippen LogP contribution in [0.5, 0.6) is 5.75 Å². The zero-order chi connectivity index (χ0) is 34.7. The third-order valence-corrected chi connectivity index (χ3v) is 11.0. The molecule has 5 rings (SSSR count). The van der Waals surface area contributed by atoms with Gasteiger partial charge in [0.15, 0.2) is 5.78 Å². The smallest absolute Gasteiger partial charge is 0.164 e. The van der Waals surface area contributed by atoms with Gasteiger partial charge in [0, 0.05) is 65.2 Å². The van der Waals surface area contributed by atoms with Gasteiger partial charge in [-0.3, -0.25) is 9.78 Å². The molecule has 0 fully saturated rings. The number of hydrogen-bond acceptors (Lipinski definition) is 6. The van der Waals surface area contributed by atoms with E-state index in [-0.39, 0.29) is 53.6 Å². The number of hydrogen-bond donors (Lipinski definition) is 2. The summed E-state index contributed by atoms with van der Waals surface area (Å²) >= 11 is 1.75. The Bertz CT molecular complexity index is 1950. The monoisotopic (exact) mass is 845 g/mol. The van der Waals surface area contributed by atoms with Gasteiger partial charge in [-0.05, 0) is 66.3 Å². The second-order valence-electron chi connectivity index (χ2n) is 13.9. The first-order chi connectivity index (χ1) is 22.2. The molecule has 0 unspecified atom stereocenters. The van der Waals surface area contributed by atoms with Crippen molar-refractivity contribution in [2.24, 2.45) is 10.8 Å². The van der Waals surface area contributed by atoms with Crippen LogP contribution < -0.4 is 0 Å². The molecule has 3 heterocycles. The number of aliphatic hydroxyl groups excluding tert-OH is 1. The molecule has 0 saturated carbocycles. The number of rotatable bonds is 9. The molecule has 0 aliphatic rings. The molecule has 0 amide bonds. The van der Waals surface area contributed by atoms with Gasteiger partial charge >= 0.3 is 0 Å². The summed E-state index contributed by atoms with van der Waals surface area (Å²) in [6.07, 6.45) is 10.4. The van der Waals surface area contributed by atoms with Gasteiger partial charge in [-0.2, -0.15) is 11.3 Å². The summed E-state index contributed by atoms with van der Waals surface area (Å²) < 4.78 is 7.40. The normalized spacial score (nSPS) is 12.8. The standard InChI is InChI=1S/C26H22NO2S.C15H28O2.Ir/c1-5-6-17-19(28)7-8-20-22(17)23-21(29-20)9-11-27-24(23)16-13-15-10-12-30-25(15)18(14-16)26(2,3)4;1-7-14(5,8-2)12(16)11-13(17)15(6,9-3)10-4;/h5-12,14,28H,1-4H3;11,16H,7-10H2,1-6H3;/q-1;;/b6-5+;12-11-;. The molecule has 7 heteroatoms. The molecular weight excluding hydrogens is 795 g/mol. The molecule has 0 spiro atoms. The molecular formula is C41H50IrNO4S-. The van der Waals surface area contributed by atoms with E-state index in [0.29, 0.717) is 0 Å². The number of aromatic nitrogens is 1. The van der Waals surface area contributed by atoms with E-state index < -0.39 is 0 Å². The number of ketones is 1. The molecule has 0 saturated heterocycles. The van der Waals surface area contributed by atoms with Crippen LogP contribution in [-0.2, 0) is 30.3 Å². The fourth-order valence-corrected chi connectivity index (χ4v) is 6.81. The number of allylic oxidation sites excluding steroid dienone is 3. The van der Waals surface area contributed by atoms with Crippen LogP contribution in [0.2, 0.25) is 0 Å². The number of phenols is 1. The van der Waals surface area contributed by atoms with Crippen molar-refractivity contribution in [3.63, 3.8) is 0 Å². The maximum Gasteiger partial charge on any atom is 0.164 e. The van der Waals surface area contributed by atoms with Crippen LogP contribution in [0, 0.1) is 16.9 Å². The number of benzene rings is 2. The number of phenolic OH excluding ortho intramolecular Hbond substituents is 1. The molecule has 48 heavy (non-hydrogen) atoms. The largest absolute Gasteiger partial charge is 0.512 e. The Kier molecular flexibility index (Phi) is 12.7. The summed E-state index contributed by atoms with van der Waals surface area (Å²) in [4.78, 5) is 16.9. The molecule has 1 radical (unpaired) electrons. The van der Waals surface area contributed by atoms with E-state index in [4.69, 9.17) is 9.40 Å². The molecule has 0 aliphatic heterocycles. The van der Waals surface area contributed by atoms with Crippen molar-refractivity contribution in [1.82, 2.24) is 4.98 Å². The van der Waals surface area contributed by atoms with Gasteiger partial charge in [0.1, 0.15) is 22.7 Å². The molecule has 0 atom stereocenters. The quantitative estimate of drug-likeness (QED) is 0.0877. The number of thiophene rings is 1. The Balaban J connectivity index is 0.000000301. The predicted octanol–water partition coefficient (Wildman–Crippen LogP) is 12.3. The number of pyridine rings is 1. The second-order valence-corrected chi connectivity index (χ2v) is 14.9. The van der Waals surface area contributed by atoms with E-state index in [1.807, 2.05) is 72.8 Å². The third kappa shape index (κ3) is 7.64. The summed E-state index contributed by atoms with van der Waals surface area (Å²) in [5.41, 5.74) is 4.66. The summed E-state index contributed by atoms with van der Waals surface area (Å²) in [7, 11) is 0. The minimum atomic E-state index is -0.337. The Morgan fingerprint density at radius 2 is 1.56 bits per heavy atom. The van der Waals surface area contributed by atoms with E-state index in [0.717, 1.165) is 69.8 Å². The first kappa shape index (κ1) is 39.2. The average Bonchev–Trinajstić information content (AvgIpc) is 3.69.